The van der Waals surface area contributed by atoms with E-state index in [0.29, 0.717) is 0 Å². The van der Waals surface area contributed by atoms with Crippen molar-refractivity contribution in [1.29, 1.82) is 0 Å². The molecule has 76 valence electrons. The van der Waals surface area contributed by atoms with Gasteiger partial charge in [-0.05, 0) is 0 Å². The van der Waals surface area contributed by atoms with Gasteiger partial charge in [-0.25, -0.2) is 12.2 Å². The van der Waals surface area contributed by atoms with Crippen molar-refractivity contribution in [3.05, 3.63) is 48.3 Å². The molecule has 1 aliphatic carbocycles. The second-order valence-corrected chi connectivity index (χ2v) is 2.88. The van der Waals surface area contributed by atoms with E-state index in [-0.39, 0.29) is 19.5 Å². The molecule has 0 bridgehead atoms. The van der Waals surface area contributed by atoms with Gasteiger partial charge in [-0.1, -0.05) is 19.8 Å². The molecule has 0 saturated carbocycles. The van der Waals surface area contributed by atoms with Gasteiger partial charge in [0.15, 0.2) is 0 Å². The van der Waals surface area contributed by atoms with Gasteiger partial charge < -0.3 is 4.98 Å². The molecule has 1 aliphatic rings. The summed E-state index contributed by atoms with van der Waals surface area (Å²) in [5.41, 5.74) is 1.28. The number of aromatic amines is 1. The van der Waals surface area contributed by atoms with Gasteiger partial charge in [0, 0.05) is 0 Å². The molecule has 0 aromatic carbocycles. The quantitative estimate of drug-likeness (QED) is 0.630. The molecule has 1 aromatic heterocycles. The largest absolute Gasteiger partial charge is 2.00 e. The fourth-order valence-corrected chi connectivity index (χ4v) is 1.07. The van der Waals surface area contributed by atoms with E-state index >= 15 is 0 Å². The Hall–Kier alpha value is -0.617. The van der Waals surface area contributed by atoms with Crippen LogP contribution in [0.25, 0.3) is 0 Å². The number of allylic oxidation sites excluding steroid dienone is 4. The third-order valence-corrected chi connectivity index (χ3v) is 1.71. The van der Waals surface area contributed by atoms with E-state index in [9.17, 15) is 0 Å². The summed E-state index contributed by atoms with van der Waals surface area (Å²) in [6, 6.07) is 2.06. The minimum Gasteiger partial charge on any atom is -0.484 e. The van der Waals surface area contributed by atoms with E-state index in [1.54, 1.807) is 0 Å². The normalized spacial score (nSPS) is 11.8. The van der Waals surface area contributed by atoms with Crippen molar-refractivity contribution in [2.45, 2.75) is 26.2 Å². The molecule has 1 heterocycles. The van der Waals surface area contributed by atoms with Crippen LogP contribution in [-0.2, 0) is 25.9 Å². The molecule has 0 saturated heterocycles. The van der Waals surface area contributed by atoms with Gasteiger partial charge >= 0.3 is 19.5 Å². The molecule has 0 spiro atoms. The third kappa shape index (κ3) is 5.93. The van der Waals surface area contributed by atoms with E-state index in [4.69, 9.17) is 0 Å². The topological polar surface area (TPSA) is 15.8 Å². The van der Waals surface area contributed by atoms with Crippen molar-refractivity contribution in [1.82, 2.24) is 4.98 Å². The molecule has 0 amide bonds. The van der Waals surface area contributed by atoms with E-state index in [1.165, 1.54) is 12.0 Å². The number of nitrogens with one attached hydrogen (secondary N) is 1. The zero-order valence-corrected chi connectivity index (χ0v) is 10.1. The first-order chi connectivity index (χ1) is 6.43. The van der Waals surface area contributed by atoms with Crippen LogP contribution in [0.5, 0.6) is 0 Å². The summed E-state index contributed by atoms with van der Waals surface area (Å²) >= 11 is 0. The average molecular weight is 274 g/mol. The van der Waals surface area contributed by atoms with Crippen LogP contribution >= 0.6 is 0 Å². The molecule has 1 nitrogen and oxygen atoms in total. The number of hydrogen-bond acceptors (Lipinski definition) is 0. The molecular weight excluding hydrogens is 259 g/mol. The summed E-state index contributed by atoms with van der Waals surface area (Å²) in [6.07, 6.45) is 17.3. The SMILES string of the molecule is CCCc1[c-][nH]cc1.[C-]1=CC=CC1.[Ru+2]. The van der Waals surface area contributed by atoms with Crippen molar-refractivity contribution < 1.29 is 19.5 Å². The minimum absolute atomic E-state index is 0. The zero-order chi connectivity index (χ0) is 9.36. The Morgan fingerprint density at radius 3 is 2.71 bits per heavy atom. The molecule has 14 heavy (non-hydrogen) atoms. The monoisotopic (exact) mass is 275 g/mol. The number of rotatable bonds is 2. The fraction of sp³-hybridized carbons (Fsp3) is 0.333. The zero-order valence-electron chi connectivity index (χ0n) is 8.36. The maximum Gasteiger partial charge on any atom is 2.00 e. The summed E-state index contributed by atoms with van der Waals surface area (Å²) in [5, 5.41) is 0. The standard InChI is InChI=1S/C7H10N.C5H5.Ru/c1-2-3-7-4-5-8-6-7;1-2-4-5-3-1;/h4-5,8H,2-3H2,1H3;1-3H,4H2;/q2*-1;+2. The van der Waals surface area contributed by atoms with Crippen LogP contribution in [0, 0.1) is 12.3 Å². The first-order valence-corrected chi connectivity index (χ1v) is 4.69. The molecule has 0 unspecified atom stereocenters. The van der Waals surface area contributed by atoms with Crippen LogP contribution in [0.4, 0.5) is 0 Å². The van der Waals surface area contributed by atoms with Gasteiger partial charge in [0.25, 0.3) is 0 Å². The first-order valence-electron chi connectivity index (χ1n) is 4.69. The molecule has 0 radical (unpaired) electrons. The Labute approximate surface area is 99.1 Å². The summed E-state index contributed by atoms with van der Waals surface area (Å²) in [6.45, 7) is 2.17. The smallest absolute Gasteiger partial charge is 0.484 e. The van der Waals surface area contributed by atoms with Crippen LogP contribution in [0.15, 0.2) is 30.5 Å². The number of hydrogen-bond donors (Lipinski definition) is 1. The average Bonchev–Trinajstić information content (AvgIpc) is 2.79. The number of aryl methyl sites for hydroxylation is 1. The first kappa shape index (κ1) is 13.4. The molecule has 0 atom stereocenters. The van der Waals surface area contributed by atoms with Gasteiger partial charge in [-0.3, -0.25) is 6.08 Å². The van der Waals surface area contributed by atoms with Crippen molar-refractivity contribution >= 4 is 0 Å². The summed E-state index contributed by atoms with van der Waals surface area (Å²) in [5.74, 6) is 0. The number of H-pyrrole nitrogens is 1. The van der Waals surface area contributed by atoms with E-state index in [1.807, 2.05) is 18.3 Å². The molecule has 1 aromatic rings. The Bertz CT molecular complexity index is 250. The second-order valence-electron chi connectivity index (χ2n) is 2.88. The molecule has 0 aliphatic heterocycles. The van der Waals surface area contributed by atoms with Crippen LogP contribution in [0.2, 0.25) is 0 Å². The van der Waals surface area contributed by atoms with Crippen molar-refractivity contribution in [2.75, 3.05) is 0 Å². The Morgan fingerprint density at radius 2 is 2.36 bits per heavy atom. The Morgan fingerprint density at radius 1 is 1.50 bits per heavy atom. The second kappa shape index (κ2) is 8.96. The van der Waals surface area contributed by atoms with Gasteiger partial charge in [-0.2, -0.15) is 23.9 Å². The molecule has 1 N–H and O–H groups in total. The minimum atomic E-state index is 0. The Kier molecular flexibility index (Phi) is 8.56. The van der Waals surface area contributed by atoms with Crippen LogP contribution < -0.4 is 0 Å². The van der Waals surface area contributed by atoms with E-state index < -0.39 is 0 Å². The third-order valence-electron chi connectivity index (χ3n) is 1.71. The predicted molar refractivity (Wildman–Crippen MR) is 55.2 cm³/mol. The molecular formula is C12H15NRu. The molecule has 0 fully saturated rings. The summed E-state index contributed by atoms with van der Waals surface area (Å²) in [7, 11) is 0. The van der Waals surface area contributed by atoms with Crippen molar-refractivity contribution in [3.8, 4) is 0 Å². The number of aromatic nitrogens is 1. The van der Waals surface area contributed by atoms with E-state index in [2.05, 4.69) is 36.3 Å². The maximum absolute atomic E-state index is 3.01. The van der Waals surface area contributed by atoms with Crippen LogP contribution in [0.3, 0.4) is 0 Å². The maximum atomic E-state index is 3.01. The summed E-state index contributed by atoms with van der Waals surface area (Å²) in [4.78, 5) is 2.89. The van der Waals surface area contributed by atoms with E-state index in [0.717, 1.165) is 12.8 Å². The van der Waals surface area contributed by atoms with Crippen LogP contribution in [0.1, 0.15) is 25.3 Å². The van der Waals surface area contributed by atoms with Crippen LogP contribution in [-0.4, -0.2) is 4.98 Å². The van der Waals surface area contributed by atoms with Gasteiger partial charge in [0.05, 0.1) is 0 Å². The van der Waals surface area contributed by atoms with Crippen molar-refractivity contribution in [3.63, 3.8) is 0 Å². The van der Waals surface area contributed by atoms with Gasteiger partial charge in [0.2, 0.25) is 0 Å². The molecule has 2 rings (SSSR count). The predicted octanol–water partition coefficient (Wildman–Crippen LogP) is 3.07. The van der Waals surface area contributed by atoms with Gasteiger partial charge in [-0.15, -0.1) is 12.6 Å². The summed E-state index contributed by atoms with van der Waals surface area (Å²) < 4.78 is 0. The fourth-order valence-electron chi connectivity index (χ4n) is 1.07. The Balaban J connectivity index is 0.000000246. The molecule has 2 heteroatoms. The van der Waals surface area contributed by atoms with Crippen molar-refractivity contribution in [2.24, 2.45) is 0 Å². The van der Waals surface area contributed by atoms with Gasteiger partial charge in [0.1, 0.15) is 0 Å².